The topological polar surface area (TPSA) is 46.9 Å². The highest BCUT2D eigenvalue weighted by Crippen LogP contribution is 2.48. The Balaban J connectivity index is 1.45. The highest BCUT2D eigenvalue weighted by atomic mass is 35.5. The van der Waals surface area contributed by atoms with Crippen molar-refractivity contribution in [2.24, 2.45) is 0 Å². The molecular weight excluding hydrogens is 298 g/mol. The lowest BCUT2D eigenvalue weighted by Gasteiger charge is -2.17. The molecule has 1 saturated carbocycles. The Morgan fingerprint density at radius 3 is 2.91 bits per heavy atom. The van der Waals surface area contributed by atoms with Crippen LogP contribution >= 0.6 is 11.6 Å². The fraction of sp³-hybridized carbons (Fsp3) is 0.412. The van der Waals surface area contributed by atoms with Crippen LogP contribution in [0, 0.1) is 0 Å². The molecule has 4 nitrogen and oxygen atoms in total. The summed E-state index contributed by atoms with van der Waals surface area (Å²) in [6.07, 6.45) is 7.23. The molecule has 1 aliphatic rings. The highest BCUT2D eigenvalue weighted by Gasteiger charge is 2.44. The van der Waals surface area contributed by atoms with Crippen molar-refractivity contribution in [3.05, 3.63) is 53.3 Å². The lowest BCUT2D eigenvalue weighted by atomic mass is 9.96. The third-order valence-electron chi connectivity index (χ3n) is 4.26. The molecule has 3 rings (SSSR count). The number of rotatable bonds is 7. The summed E-state index contributed by atoms with van der Waals surface area (Å²) in [6.45, 7) is 1.48. The van der Waals surface area contributed by atoms with E-state index in [0.717, 1.165) is 30.8 Å². The first-order valence-electron chi connectivity index (χ1n) is 7.68. The third-order valence-corrected chi connectivity index (χ3v) is 4.50. The Hall–Kier alpha value is -1.81. The van der Waals surface area contributed by atoms with Gasteiger partial charge >= 0.3 is 0 Å². The Kier molecular flexibility index (Phi) is 4.48. The quantitative estimate of drug-likeness (QED) is 0.852. The maximum Gasteiger partial charge on any atom is 0.220 e. The predicted molar refractivity (Wildman–Crippen MR) is 86.8 cm³/mol. The van der Waals surface area contributed by atoms with Gasteiger partial charge in [0.25, 0.3) is 0 Å². The molecule has 1 aromatic heterocycles. The molecule has 0 unspecified atom stereocenters. The molecule has 2 aromatic rings. The van der Waals surface area contributed by atoms with Crippen LogP contribution in [0.15, 0.2) is 42.7 Å². The van der Waals surface area contributed by atoms with Gasteiger partial charge in [-0.3, -0.25) is 9.48 Å². The van der Waals surface area contributed by atoms with E-state index in [1.807, 2.05) is 35.1 Å². The van der Waals surface area contributed by atoms with Gasteiger partial charge in [-0.1, -0.05) is 23.7 Å². The summed E-state index contributed by atoms with van der Waals surface area (Å²) in [5.74, 6) is 0.112. The number of carbonyl (C=O) groups excluding carboxylic acids is 1. The third kappa shape index (κ3) is 3.69. The number of halogens is 1. The lowest BCUT2D eigenvalue weighted by molar-refractivity contribution is -0.121. The van der Waals surface area contributed by atoms with Crippen LogP contribution < -0.4 is 5.32 Å². The first-order chi connectivity index (χ1) is 10.7. The van der Waals surface area contributed by atoms with Gasteiger partial charge in [-0.05, 0) is 43.0 Å². The number of aromatic nitrogens is 2. The fourth-order valence-electron chi connectivity index (χ4n) is 2.73. The summed E-state index contributed by atoms with van der Waals surface area (Å²) in [5.41, 5.74) is 1.33. The Morgan fingerprint density at radius 1 is 1.36 bits per heavy atom. The second-order valence-electron chi connectivity index (χ2n) is 5.94. The average Bonchev–Trinajstić information content (AvgIpc) is 3.14. The van der Waals surface area contributed by atoms with E-state index < -0.39 is 0 Å². The second kappa shape index (κ2) is 6.53. The first kappa shape index (κ1) is 15.1. The smallest absolute Gasteiger partial charge is 0.220 e. The zero-order chi connectivity index (χ0) is 15.4. The molecule has 0 aliphatic heterocycles. The molecule has 0 saturated heterocycles. The molecule has 0 bridgehead atoms. The van der Waals surface area contributed by atoms with E-state index in [2.05, 4.69) is 16.5 Å². The molecule has 0 spiro atoms. The molecule has 0 atom stereocenters. The van der Waals surface area contributed by atoms with Crippen LogP contribution in [0.4, 0.5) is 0 Å². The van der Waals surface area contributed by atoms with Gasteiger partial charge in [-0.2, -0.15) is 5.10 Å². The van der Waals surface area contributed by atoms with Crippen LogP contribution in [0.3, 0.4) is 0 Å². The van der Waals surface area contributed by atoms with Gasteiger partial charge in [0, 0.05) is 42.3 Å². The lowest BCUT2D eigenvalue weighted by Crippen LogP contribution is -2.32. The molecule has 5 heteroatoms. The summed E-state index contributed by atoms with van der Waals surface area (Å²) < 4.78 is 1.85. The highest BCUT2D eigenvalue weighted by molar-refractivity contribution is 6.30. The molecule has 116 valence electrons. The van der Waals surface area contributed by atoms with Crippen LogP contribution in [0.25, 0.3) is 0 Å². The molecule has 1 heterocycles. The van der Waals surface area contributed by atoms with Crippen molar-refractivity contribution < 1.29 is 4.79 Å². The summed E-state index contributed by atoms with van der Waals surface area (Å²) in [4.78, 5) is 12.0. The minimum Gasteiger partial charge on any atom is -0.355 e. The van der Waals surface area contributed by atoms with Gasteiger partial charge in [0.2, 0.25) is 5.91 Å². The average molecular weight is 318 g/mol. The normalized spacial score (nSPS) is 15.5. The molecule has 0 radical (unpaired) electrons. The van der Waals surface area contributed by atoms with Gasteiger partial charge in [0.15, 0.2) is 0 Å². The summed E-state index contributed by atoms with van der Waals surface area (Å²) in [6, 6.07) is 9.86. The maximum absolute atomic E-state index is 12.0. The van der Waals surface area contributed by atoms with Crippen molar-refractivity contribution in [3.63, 3.8) is 0 Å². The number of benzene rings is 1. The van der Waals surface area contributed by atoms with Crippen molar-refractivity contribution in [1.29, 1.82) is 0 Å². The van der Waals surface area contributed by atoms with Crippen LogP contribution in [0.5, 0.6) is 0 Å². The molecule has 1 amide bonds. The number of carbonyl (C=O) groups is 1. The van der Waals surface area contributed by atoms with E-state index in [4.69, 9.17) is 11.6 Å². The SMILES string of the molecule is O=C(CCCn1cccn1)NCC1(c2cccc(Cl)c2)CC1. The number of nitrogens with zero attached hydrogens (tertiary/aromatic N) is 2. The second-order valence-corrected chi connectivity index (χ2v) is 6.38. The van der Waals surface area contributed by atoms with Crippen LogP contribution in [-0.2, 0) is 16.8 Å². The van der Waals surface area contributed by atoms with E-state index in [1.165, 1.54) is 5.56 Å². The molecule has 1 N–H and O–H groups in total. The Labute approximate surface area is 135 Å². The predicted octanol–water partition coefficient (Wildman–Crippen LogP) is 3.16. The molecular formula is C17H20ClN3O. The van der Waals surface area contributed by atoms with E-state index in [0.29, 0.717) is 13.0 Å². The minimum atomic E-state index is 0.0997. The number of aryl methyl sites for hydroxylation is 1. The van der Waals surface area contributed by atoms with Crippen molar-refractivity contribution in [2.45, 2.75) is 37.6 Å². The van der Waals surface area contributed by atoms with Gasteiger partial charge in [-0.15, -0.1) is 0 Å². The summed E-state index contributed by atoms with van der Waals surface area (Å²) >= 11 is 6.06. The minimum absolute atomic E-state index is 0.0997. The van der Waals surface area contributed by atoms with E-state index in [9.17, 15) is 4.79 Å². The largest absolute Gasteiger partial charge is 0.355 e. The van der Waals surface area contributed by atoms with E-state index >= 15 is 0 Å². The number of amides is 1. The van der Waals surface area contributed by atoms with E-state index in [1.54, 1.807) is 6.20 Å². The maximum atomic E-state index is 12.0. The van der Waals surface area contributed by atoms with Crippen LogP contribution in [-0.4, -0.2) is 22.2 Å². The monoisotopic (exact) mass is 317 g/mol. The standard InChI is InChI=1S/C17H20ClN3O/c18-15-5-1-4-14(12-15)17(7-8-17)13-19-16(22)6-2-10-21-11-3-9-20-21/h1,3-5,9,11-12H,2,6-8,10,13H2,(H,19,22). The van der Waals surface area contributed by atoms with Gasteiger partial charge in [0.05, 0.1) is 0 Å². The molecule has 1 fully saturated rings. The number of hydrogen-bond donors (Lipinski definition) is 1. The van der Waals surface area contributed by atoms with Gasteiger partial charge < -0.3 is 5.32 Å². The van der Waals surface area contributed by atoms with Crippen molar-refractivity contribution >= 4 is 17.5 Å². The van der Waals surface area contributed by atoms with Crippen molar-refractivity contribution in [1.82, 2.24) is 15.1 Å². The number of hydrogen-bond acceptors (Lipinski definition) is 2. The van der Waals surface area contributed by atoms with Crippen LogP contribution in [0.1, 0.15) is 31.2 Å². The zero-order valence-corrected chi connectivity index (χ0v) is 13.2. The summed E-state index contributed by atoms with van der Waals surface area (Å²) in [5, 5.41) is 7.96. The molecule has 1 aliphatic carbocycles. The molecule has 1 aromatic carbocycles. The van der Waals surface area contributed by atoms with E-state index in [-0.39, 0.29) is 11.3 Å². The van der Waals surface area contributed by atoms with Crippen molar-refractivity contribution in [2.75, 3.05) is 6.54 Å². The molecule has 22 heavy (non-hydrogen) atoms. The van der Waals surface area contributed by atoms with Gasteiger partial charge in [0.1, 0.15) is 0 Å². The van der Waals surface area contributed by atoms with Crippen molar-refractivity contribution in [3.8, 4) is 0 Å². The first-order valence-corrected chi connectivity index (χ1v) is 8.06. The zero-order valence-electron chi connectivity index (χ0n) is 12.5. The number of nitrogens with one attached hydrogen (secondary N) is 1. The fourth-order valence-corrected chi connectivity index (χ4v) is 2.92. The summed E-state index contributed by atoms with van der Waals surface area (Å²) in [7, 11) is 0. The Morgan fingerprint density at radius 2 is 2.23 bits per heavy atom. The van der Waals surface area contributed by atoms with Crippen LogP contribution in [0.2, 0.25) is 5.02 Å². The Bertz CT molecular complexity index is 635. The van der Waals surface area contributed by atoms with Gasteiger partial charge in [-0.25, -0.2) is 0 Å².